The molecule has 0 aliphatic carbocycles. The molecule has 6 nitrogen and oxygen atoms in total. The largest absolute Gasteiger partial charge is 0.309 e. The van der Waals surface area contributed by atoms with E-state index < -0.39 is 6.04 Å². The molecule has 7 heteroatoms. The first-order valence-corrected chi connectivity index (χ1v) is 10.4. The first-order valence-electron chi connectivity index (χ1n) is 10.4. The van der Waals surface area contributed by atoms with Crippen molar-refractivity contribution in [2.24, 2.45) is 7.05 Å². The molecule has 0 spiro atoms. The summed E-state index contributed by atoms with van der Waals surface area (Å²) in [7, 11) is 1.86. The summed E-state index contributed by atoms with van der Waals surface area (Å²) in [5, 5.41) is 10.4. The molecule has 0 aliphatic rings. The van der Waals surface area contributed by atoms with Gasteiger partial charge in [0.25, 0.3) is 0 Å². The summed E-state index contributed by atoms with van der Waals surface area (Å²) < 4.78 is 14.8. The number of nitrogens with one attached hydrogen (secondary N) is 2. The van der Waals surface area contributed by atoms with E-state index in [4.69, 9.17) is 0 Å². The summed E-state index contributed by atoms with van der Waals surface area (Å²) in [6, 6.07) is 19.1. The molecule has 0 saturated heterocycles. The first kappa shape index (κ1) is 21.4. The summed E-state index contributed by atoms with van der Waals surface area (Å²) in [6.45, 7) is 0.561. The van der Waals surface area contributed by atoms with Crippen molar-refractivity contribution in [1.29, 1.82) is 0 Å². The van der Waals surface area contributed by atoms with Crippen LogP contribution in [0.5, 0.6) is 0 Å². The second kappa shape index (κ2) is 9.98. The third-order valence-corrected chi connectivity index (χ3v) is 5.12. The lowest BCUT2D eigenvalue weighted by Gasteiger charge is -2.19. The Morgan fingerprint density at radius 3 is 2.44 bits per heavy atom. The lowest BCUT2D eigenvalue weighted by atomic mass is 10.1. The number of benzene rings is 2. The van der Waals surface area contributed by atoms with Gasteiger partial charge in [0.05, 0.1) is 6.20 Å². The van der Waals surface area contributed by atoms with Gasteiger partial charge in [-0.15, -0.1) is 0 Å². The Morgan fingerprint density at radius 2 is 1.78 bits per heavy atom. The number of hydrogen-bond donors (Lipinski definition) is 2. The lowest BCUT2D eigenvalue weighted by Crippen LogP contribution is -2.34. The van der Waals surface area contributed by atoms with Crippen molar-refractivity contribution in [2.75, 3.05) is 11.9 Å². The van der Waals surface area contributed by atoms with Crippen LogP contribution in [0.25, 0.3) is 11.1 Å². The molecule has 0 fully saturated rings. The second-order valence-corrected chi connectivity index (χ2v) is 7.50. The highest BCUT2D eigenvalue weighted by atomic mass is 19.1. The average molecular weight is 429 g/mol. The number of nitrogens with zero attached hydrogens (tertiary/aromatic N) is 3. The number of halogens is 1. The van der Waals surface area contributed by atoms with E-state index in [9.17, 15) is 9.18 Å². The zero-order valence-corrected chi connectivity index (χ0v) is 17.7. The van der Waals surface area contributed by atoms with Crippen LogP contribution in [0.4, 0.5) is 10.2 Å². The smallest absolute Gasteiger partial charge is 0.247 e. The first-order chi connectivity index (χ1) is 15.6. The van der Waals surface area contributed by atoms with Gasteiger partial charge in [0, 0.05) is 37.1 Å². The maximum Gasteiger partial charge on any atom is 0.247 e. The maximum absolute atomic E-state index is 13.1. The molecule has 0 aliphatic heterocycles. The topological polar surface area (TPSA) is 71.8 Å². The van der Waals surface area contributed by atoms with Gasteiger partial charge in [0.2, 0.25) is 5.91 Å². The van der Waals surface area contributed by atoms with Gasteiger partial charge in [0.15, 0.2) is 0 Å². The average Bonchev–Trinajstić information content (AvgIpc) is 3.25. The fourth-order valence-corrected chi connectivity index (χ4v) is 3.43. The molecule has 0 unspecified atom stereocenters. The molecule has 2 aromatic carbocycles. The quantitative estimate of drug-likeness (QED) is 0.442. The van der Waals surface area contributed by atoms with Crippen LogP contribution in [0.15, 0.2) is 85.3 Å². The Balaban J connectivity index is 1.43. The molecule has 32 heavy (non-hydrogen) atoms. The van der Waals surface area contributed by atoms with Crippen LogP contribution >= 0.6 is 0 Å². The van der Waals surface area contributed by atoms with E-state index >= 15 is 0 Å². The molecule has 1 amide bonds. The standard InChI is InChI=1S/C25H24FN5O/c1-31-17-21(16-29-31)20-9-12-23(28-15-20)30-25(32)24(19-5-3-2-4-6-19)27-14-13-18-7-10-22(26)11-8-18/h2-12,15-17,24,27H,13-14H2,1H3,(H,28,30,32)/t24-/m1/s1. The van der Waals surface area contributed by atoms with Crippen molar-refractivity contribution < 1.29 is 9.18 Å². The van der Waals surface area contributed by atoms with E-state index in [0.29, 0.717) is 18.8 Å². The minimum atomic E-state index is -0.545. The van der Waals surface area contributed by atoms with E-state index in [0.717, 1.165) is 22.3 Å². The van der Waals surface area contributed by atoms with Gasteiger partial charge in [-0.1, -0.05) is 42.5 Å². The third-order valence-electron chi connectivity index (χ3n) is 5.12. The van der Waals surface area contributed by atoms with Crippen LogP contribution in [0, 0.1) is 5.82 Å². The Labute approximate surface area is 186 Å². The Kier molecular flexibility index (Phi) is 6.67. The fraction of sp³-hybridized carbons (Fsp3) is 0.160. The van der Waals surface area contributed by atoms with Gasteiger partial charge in [-0.2, -0.15) is 5.10 Å². The Morgan fingerprint density at radius 1 is 1.00 bits per heavy atom. The van der Waals surface area contributed by atoms with Gasteiger partial charge in [0.1, 0.15) is 17.7 Å². The molecule has 4 aromatic rings. The van der Waals surface area contributed by atoms with Crippen molar-refractivity contribution in [3.63, 3.8) is 0 Å². The predicted octanol–water partition coefficient (Wildman–Crippen LogP) is 4.13. The van der Waals surface area contributed by atoms with Gasteiger partial charge >= 0.3 is 0 Å². The summed E-state index contributed by atoms with van der Waals surface area (Å²) in [6.07, 6.45) is 6.07. The lowest BCUT2D eigenvalue weighted by molar-refractivity contribution is -0.118. The number of carbonyl (C=O) groups excluding carboxylic acids is 1. The van der Waals surface area contributed by atoms with Crippen LogP contribution in [0.2, 0.25) is 0 Å². The highest BCUT2D eigenvalue weighted by Gasteiger charge is 2.20. The van der Waals surface area contributed by atoms with Crippen LogP contribution in [-0.4, -0.2) is 27.2 Å². The number of hydrogen-bond acceptors (Lipinski definition) is 4. The zero-order chi connectivity index (χ0) is 22.3. The molecular formula is C25H24FN5O. The van der Waals surface area contributed by atoms with Crippen LogP contribution in [-0.2, 0) is 18.3 Å². The van der Waals surface area contributed by atoms with E-state index in [-0.39, 0.29) is 11.7 Å². The van der Waals surface area contributed by atoms with Crippen molar-refractivity contribution in [3.05, 3.63) is 102 Å². The summed E-state index contributed by atoms with van der Waals surface area (Å²) in [5.41, 5.74) is 3.74. The second-order valence-electron chi connectivity index (χ2n) is 7.50. The van der Waals surface area contributed by atoms with Crippen molar-refractivity contribution >= 4 is 11.7 Å². The number of aryl methyl sites for hydroxylation is 1. The Bertz CT molecular complexity index is 1160. The van der Waals surface area contributed by atoms with Gasteiger partial charge in [-0.25, -0.2) is 9.37 Å². The highest BCUT2D eigenvalue weighted by molar-refractivity contribution is 5.94. The summed E-state index contributed by atoms with van der Waals surface area (Å²) in [4.78, 5) is 17.5. The molecule has 162 valence electrons. The number of anilines is 1. The third kappa shape index (κ3) is 5.44. The molecule has 4 rings (SSSR count). The number of amides is 1. The van der Waals surface area contributed by atoms with Crippen LogP contribution in [0.3, 0.4) is 0 Å². The van der Waals surface area contributed by atoms with Crippen molar-refractivity contribution in [2.45, 2.75) is 12.5 Å². The van der Waals surface area contributed by atoms with E-state index in [1.807, 2.05) is 49.6 Å². The molecule has 2 N–H and O–H groups in total. The van der Waals surface area contributed by atoms with E-state index in [1.54, 1.807) is 35.3 Å². The highest BCUT2D eigenvalue weighted by Crippen LogP contribution is 2.20. The predicted molar refractivity (Wildman–Crippen MR) is 122 cm³/mol. The van der Waals surface area contributed by atoms with E-state index in [1.165, 1.54) is 12.1 Å². The van der Waals surface area contributed by atoms with Gasteiger partial charge in [-0.3, -0.25) is 9.48 Å². The minimum absolute atomic E-state index is 0.197. The van der Waals surface area contributed by atoms with Crippen LogP contribution < -0.4 is 10.6 Å². The normalized spacial score (nSPS) is 11.8. The number of rotatable bonds is 8. The molecule has 0 radical (unpaired) electrons. The SMILES string of the molecule is Cn1cc(-c2ccc(NC(=O)[C@H](NCCc3ccc(F)cc3)c3ccccc3)nc2)cn1. The van der Waals surface area contributed by atoms with Gasteiger partial charge in [-0.05, 0) is 41.8 Å². The van der Waals surface area contributed by atoms with Crippen molar-refractivity contribution in [1.82, 2.24) is 20.1 Å². The molecular weight excluding hydrogens is 405 g/mol. The molecule has 0 saturated carbocycles. The number of pyridine rings is 1. The van der Waals surface area contributed by atoms with Crippen LogP contribution in [0.1, 0.15) is 17.2 Å². The number of carbonyl (C=O) groups is 1. The molecule has 1 atom stereocenters. The molecule has 2 heterocycles. The Hall–Kier alpha value is -3.84. The zero-order valence-electron chi connectivity index (χ0n) is 17.7. The number of aromatic nitrogens is 3. The summed E-state index contributed by atoms with van der Waals surface area (Å²) >= 11 is 0. The minimum Gasteiger partial charge on any atom is -0.309 e. The molecule has 0 bridgehead atoms. The fourth-order valence-electron chi connectivity index (χ4n) is 3.43. The monoisotopic (exact) mass is 429 g/mol. The van der Waals surface area contributed by atoms with E-state index in [2.05, 4.69) is 20.7 Å². The maximum atomic E-state index is 13.1. The van der Waals surface area contributed by atoms with Gasteiger partial charge < -0.3 is 10.6 Å². The summed E-state index contributed by atoms with van der Waals surface area (Å²) in [5.74, 6) is 0.0196. The molecule has 2 aromatic heterocycles. The van der Waals surface area contributed by atoms with Crippen molar-refractivity contribution in [3.8, 4) is 11.1 Å².